The third kappa shape index (κ3) is 5.67. The van der Waals surface area contributed by atoms with Crippen molar-refractivity contribution in [3.05, 3.63) is 41.8 Å². The molecule has 144 valence electrons. The van der Waals surface area contributed by atoms with Gasteiger partial charge in [0.2, 0.25) is 5.89 Å². The first-order valence-electron chi connectivity index (χ1n) is 8.43. The number of oxazole rings is 1. The largest absolute Gasteiger partial charge is 0.448 e. The quantitative estimate of drug-likeness (QED) is 0.798. The van der Waals surface area contributed by atoms with Crippen LogP contribution in [0, 0.1) is 6.92 Å². The first-order chi connectivity index (χ1) is 12.6. The minimum atomic E-state index is -1.18. The Kier molecular flexibility index (Phi) is 5.99. The normalized spacial score (nSPS) is 12.2. The van der Waals surface area contributed by atoms with Gasteiger partial charge in [0.1, 0.15) is 5.76 Å². The topological polar surface area (TPSA) is 111 Å². The molecule has 0 saturated carbocycles. The van der Waals surface area contributed by atoms with Gasteiger partial charge in [0.25, 0.3) is 5.91 Å². The number of amides is 3. The molecule has 0 fully saturated rings. The zero-order valence-electron chi connectivity index (χ0n) is 16.0. The second kappa shape index (κ2) is 8.03. The minimum Gasteiger partial charge on any atom is -0.448 e. The van der Waals surface area contributed by atoms with Gasteiger partial charge in [-0.05, 0) is 46.8 Å². The number of nitrogens with zero attached hydrogens (tertiary/aromatic N) is 1. The summed E-state index contributed by atoms with van der Waals surface area (Å²) >= 11 is 0. The fourth-order valence-corrected chi connectivity index (χ4v) is 2.15. The van der Waals surface area contributed by atoms with Gasteiger partial charge in [0.05, 0.1) is 0 Å². The number of rotatable bonds is 4. The lowest BCUT2D eigenvalue weighted by atomic mass is 10.1. The van der Waals surface area contributed by atoms with Gasteiger partial charge in [-0.3, -0.25) is 10.1 Å². The van der Waals surface area contributed by atoms with Crippen LogP contribution in [0.2, 0.25) is 0 Å². The molecule has 3 amide bonds. The van der Waals surface area contributed by atoms with Crippen molar-refractivity contribution in [3.63, 3.8) is 0 Å². The highest BCUT2D eigenvalue weighted by atomic mass is 16.5. The highest BCUT2D eigenvalue weighted by Gasteiger charge is 2.26. The van der Waals surface area contributed by atoms with Crippen LogP contribution in [0.5, 0.6) is 0 Å². The maximum Gasteiger partial charge on any atom is 0.361 e. The molecule has 1 aromatic carbocycles. The number of nitrogens with one attached hydrogen (secondary N) is 2. The van der Waals surface area contributed by atoms with Crippen molar-refractivity contribution in [2.45, 2.75) is 46.3 Å². The number of aryl methyl sites for hydroxylation is 1. The summed E-state index contributed by atoms with van der Waals surface area (Å²) in [5, 5.41) is 4.71. The molecule has 2 aromatic rings. The van der Waals surface area contributed by atoms with Crippen molar-refractivity contribution in [2.24, 2.45) is 0 Å². The number of esters is 1. The summed E-state index contributed by atoms with van der Waals surface area (Å²) in [4.78, 5) is 40.2. The van der Waals surface area contributed by atoms with Gasteiger partial charge < -0.3 is 14.5 Å². The van der Waals surface area contributed by atoms with E-state index in [9.17, 15) is 14.4 Å². The molecule has 0 aliphatic carbocycles. The van der Waals surface area contributed by atoms with E-state index in [1.165, 1.54) is 6.92 Å². The first kappa shape index (κ1) is 20.2. The summed E-state index contributed by atoms with van der Waals surface area (Å²) in [7, 11) is 0. The number of imide groups is 1. The lowest BCUT2D eigenvalue weighted by molar-refractivity contribution is -0.127. The summed E-state index contributed by atoms with van der Waals surface area (Å²) in [6, 6.07) is 8.42. The third-order valence-corrected chi connectivity index (χ3v) is 3.39. The van der Waals surface area contributed by atoms with Crippen molar-refractivity contribution >= 4 is 17.9 Å². The maximum absolute atomic E-state index is 12.3. The molecule has 0 spiro atoms. The van der Waals surface area contributed by atoms with Gasteiger partial charge in [-0.25, -0.2) is 14.6 Å². The van der Waals surface area contributed by atoms with Crippen LogP contribution in [0.25, 0.3) is 11.5 Å². The SMILES string of the molecule is Cc1oc(-c2ccccc2)nc1C(=O)O[C@@H](C)C(=O)NC(=O)NC(C)(C)C. The van der Waals surface area contributed by atoms with Gasteiger partial charge in [-0.15, -0.1) is 0 Å². The van der Waals surface area contributed by atoms with E-state index >= 15 is 0 Å². The minimum absolute atomic E-state index is 0.0207. The van der Waals surface area contributed by atoms with Crippen LogP contribution in [-0.2, 0) is 9.53 Å². The predicted molar refractivity (Wildman–Crippen MR) is 98.0 cm³/mol. The van der Waals surface area contributed by atoms with Crippen molar-refractivity contribution in [1.29, 1.82) is 0 Å². The van der Waals surface area contributed by atoms with E-state index < -0.39 is 29.6 Å². The van der Waals surface area contributed by atoms with Crippen molar-refractivity contribution in [1.82, 2.24) is 15.6 Å². The zero-order valence-corrected chi connectivity index (χ0v) is 16.0. The second-order valence-electron chi connectivity index (χ2n) is 7.03. The zero-order chi connectivity index (χ0) is 20.2. The van der Waals surface area contributed by atoms with Gasteiger partial charge >= 0.3 is 12.0 Å². The van der Waals surface area contributed by atoms with Gasteiger partial charge in [0, 0.05) is 11.1 Å². The molecule has 1 aromatic heterocycles. The summed E-state index contributed by atoms with van der Waals surface area (Å²) < 4.78 is 10.6. The molecular weight excluding hydrogens is 350 g/mol. The molecule has 1 heterocycles. The van der Waals surface area contributed by atoms with Gasteiger partial charge in [-0.1, -0.05) is 18.2 Å². The molecule has 0 saturated heterocycles. The number of urea groups is 1. The van der Waals surface area contributed by atoms with Crippen LogP contribution in [0.3, 0.4) is 0 Å². The molecule has 2 N–H and O–H groups in total. The molecule has 8 heteroatoms. The Labute approximate surface area is 157 Å². The number of benzene rings is 1. The highest BCUT2D eigenvalue weighted by molar-refractivity contribution is 5.98. The fraction of sp³-hybridized carbons (Fsp3) is 0.368. The van der Waals surface area contributed by atoms with E-state index in [-0.39, 0.29) is 17.3 Å². The number of ether oxygens (including phenoxy) is 1. The standard InChI is InChI=1S/C19H23N3O5/c1-11-14(20-16(26-11)13-9-7-6-8-10-13)17(24)27-12(2)15(23)21-18(25)22-19(3,4)5/h6-10,12H,1-5H3,(H2,21,22,23,25)/t12-/m0/s1. The molecule has 0 unspecified atom stereocenters. The molecule has 27 heavy (non-hydrogen) atoms. The summed E-state index contributed by atoms with van der Waals surface area (Å²) in [6.07, 6.45) is -1.18. The maximum atomic E-state index is 12.3. The average molecular weight is 373 g/mol. The van der Waals surface area contributed by atoms with Crippen LogP contribution < -0.4 is 10.6 Å². The Bertz CT molecular complexity index is 837. The Hall–Kier alpha value is -3.16. The summed E-state index contributed by atoms with van der Waals surface area (Å²) in [5.41, 5.74) is 0.188. The Morgan fingerprint density at radius 1 is 1.15 bits per heavy atom. The van der Waals surface area contributed by atoms with E-state index in [4.69, 9.17) is 9.15 Å². The van der Waals surface area contributed by atoms with E-state index in [1.54, 1.807) is 39.8 Å². The van der Waals surface area contributed by atoms with Crippen LogP contribution in [0.4, 0.5) is 4.79 Å². The monoisotopic (exact) mass is 373 g/mol. The van der Waals surface area contributed by atoms with Crippen LogP contribution in [0.15, 0.2) is 34.7 Å². The number of hydrogen-bond donors (Lipinski definition) is 2. The number of carbonyl (C=O) groups is 3. The molecule has 0 aliphatic heterocycles. The molecule has 2 rings (SSSR count). The lowest BCUT2D eigenvalue weighted by Gasteiger charge is -2.21. The molecule has 0 aliphatic rings. The predicted octanol–water partition coefficient (Wildman–Crippen LogP) is 2.82. The van der Waals surface area contributed by atoms with Crippen LogP contribution >= 0.6 is 0 Å². The van der Waals surface area contributed by atoms with Crippen molar-refractivity contribution in [2.75, 3.05) is 0 Å². The summed E-state index contributed by atoms with van der Waals surface area (Å²) in [5.74, 6) is -0.995. The first-order valence-corrected chi connectivity index (χ1v) is 8.43. The van der Waals surface area contributed by atoms with Crippen molar-refractivity contribution in [3.8, 4) is 11.5 Å². The Morgan fingerprint density at radius 2 is 1.78 bits per heavy atom. The second-order valence-corrected chi connectivity index (χ2v) is 7.03. The van der Waals surface area contributed by atoms with E-state index in [0.29, 0.717) is 5.56 Å². The smallest absolute Gasteiger partial charge is 0.361 e. The van der Waals surface area contributed by atoms with Gasteiger partial charge in [-0.2, -0.15) is 0 Å². The molecular formula is C19H23N3O5. The average Bonchev–Trinajstić information content (AvgIpc) is 2.95. The number of carbonyl (C=O) groups excluding carboxylic acids is 3. The number of hydrogen-bond acceptors (Lipinski definition) is 6. The third-order valence-electron chi connectivity index (χ3n) is 3.39. The van der Waals surface area contributed by atoms with Gasteiger partial charge in [0.15, 0.2) is 11.8 Å². The van der Waals surface area contributed by atoms with E-state index in [2.05, 4.69) is 15.6 Å². The lowest BCUT2D eigenvalue weighted by Crippen LogP contribution is -2.50. The fourth-order valence-electron chi connectivity index (χ4n) is 2.15. The Morgan fingerprint density at radius 3 is 2.37 bits per heavy atom. The molecule has 1 atom stereocenters. The van der Waals surface area contributed by atoms with Crippen LogP contribution in [-0.4, -0.2) is 34.5 Å². The highest BCUT2D eigenvalue weighted by Crippen LogP contribution is 2.22. The van der Waals surface area contributed by atoms with E-state index in [1.807, 2.05) is 18.2 Å². The molecule has 0 radical (unpaired) electrons. The number of aromatic nitrogens is 1. The Balaban J connectivity index is 2.01. The van der Waals surface area contributed by atoms with Crippen molar-refractivity contribution < 1.29 is 23.5 Å². The van der Waals surface area contributed by atoms with Crippen LogP contribution in [0.1, 0.15) is 43.9 Å². The molecule has 0 bridgehead atoms. The molecule has 8 nitrogen and oxygen atoms in total. The van der Waals surface area contributed by atoms with E-state index in [0.717, 1.165) is 0 Å². The summed E-state index contributed by atoms with van der Waals surface area (Å²) in [6.45, 7) is 8.28.